The van der Waals surface area contributed by atoms with E-state index in [0.717, 1.165) is 12.1 Å². The van der Waals surface area contributed by atoms with Crippen molar-refractivity contribution in [3.63, 3.8) is 0 Å². The van der Waals surface area contributed by atoms with Crippen molar-refractivity contribution in [2.75, 3.05) is 5.73 Å². The Hall–Kier alpha value is -1.45. The lowest BCUT2D eigenvalue weighted by Gasteiger charge is -2.11. The van der Waals surface area contributed by atoms with Crippen LogP contribution in [-0.4, -0.2) is 9.97 Å². The van der Waals surface area contributed by atoms with E-state index in [9.17, 15) is 17.6 Å². The van der Waals surface area contributed by atoms with E-state index < -0.39 is 17.6 Å². The zero-order valence-corrected chi connectivity index (χ0v) is 13.0. The lowest BCUT2D eigenvalue weighted by molar-refractivity contribution is -0.137. The standard InChI is InChI=1S/C13H10F4IN3/c1-2-9-10(18)11(19)21-12(20-9)6-3-7(13(15,16)17)5-8(14)4-6/h3-5H,2H2,1H3,(H2,19,20,21). The zero-order chi connectivity index (χ0) is 15.8. The molecule has 112 valence electrons. The number of nitrogens with zero attached hydrogens (tertiary/aromatic N) is 2. The molecule has 0 saturated carbocycles. The van der Waals surface area contributed by atoms with Crippen molar-refractivity contribution in [3.8, 4) is 11.4 Å². The largest absolute Gasteiger partial charge is 0.416 e. The van der Waals surface area contributed by atoms with Crippen LogP contribution < -0.4 is 5.73 Å². The second kappa shape index (κ2) is 5.74. The van der Waals surface area contributed by atoms with Crippen LogP contribution >= 0.6 is 22.6 Å². The number of nitrogens with two attached hydrogens (primary N) is 1. The van der Waals surface area contributed by atoms with E-state index in [1.165, 1.54) is 0 Å². The molecule has 0 bridgehead atoms. The third kappa shape index (κ3) is 3.42. The number of aryl methyl sites for hydroxylation is 1. The third-order valence-corrected chi connectivity index (χ3v) is 3.94. The van der Waals surface area contributed by atoms with Gasteiger partial charge in [0.1, 0.15) is 11.6 Å². The summed E-state index contributed by atoms with van der Waals surface area (Å²) in [5, 5.41) is 0. The number of alkyl halides is 3. The van der Waals surface area contributed by atoms with Gasteiger partial charge in [-0.3, -0.25) is 0 Å². The Morgan fingerprint density at radius 1 is 1.19 bits per heavy atom. The number of anilines is 1. The van der Waals surface area contributed by atoms with Gasteiger partial charge < -0.3 is 5.73 Å². The Morgan fingerprint density at radius 3 is 2.43 bits per heavy atom. The van der Waals surface area contributed by atoms with Crippen molar-refractivity contribution in [1.29, 1.82) is 0 Å². The Labute approximate surface area is 131 Å². The highest BCUT2D eigenvalue weighted by atomic mass is 127. The maximum Gasteiger partial charge on any atom is 0.416 e. The van der Waals surface area contributed by atoms with E-state index in [4.69, 9.17) is 5.73 Å². The highest BCUT2D eigenvalue weighted by Gasteiger charge is 2.31. The number of nitrogen functional groups attached to an aromatic ring is 1. The maximum absolute atomic E-state index is 13.4. The molecule has 1 aromatic carbocycles. The molecule has 0 aliphatic carbocycles. The predicted octanol–water partition coefficient (Wildman–Crippen LogP) is 4.05. The van der Waals surface area contributed by atoms with Crippen LogP contribution in [-0.2, 0) is 12.6 Å². The molecule has 2 N–H and O–H groups in total. The van der Waals surface area contributed by atoms with E-state index in [0.29, 0.717) is 21.8 Å². The minimum atomic E-state index is -4.64. The Kier molecular flexibility index (Phi) is 4.35. The van der Waals surface area contributed by atoms with E-state index in [1.54, 1.807) is 0 Å². The van der Waals surface area contributed by atoms with Gasteiger partial charge in [0.2, 0.25) is 0 Å². The highest BCUT2D eigenvalue weighted by Crippen LogP contribution is 2.33. The molecule has 0 radical (unpaired) electrons. The summed E-state index contributed by atoms with van der Waals surface area (Å²) in [6, 6.07) is 2.20. The van der Waals surface area contributed by atoms with Crippen LogP contribution in [0.3, 0.4) is 0 Å². The number of aromatic nitrogens is 2. The molecule has 0 spiro atoms. The first-order valence-electron chi connectivity index (χ1n) is 5.92. The van der Waals surface area contributed by atoms with Gasteiger partial charge in [0.25, 0.3) is 0 Å². The molecular formula is C13H10F4IN3. The van der Waals surface area contributed by atoms with Crippen molar-refractivity contribution in [2.24, 2.45) is 0 Å². The Morgan fingerprint density at radius 2 is 1.86 bits per heavy atom. The third-order valence-electron chi connectivity index (χ3n) is 2.76. The molecule has 0 amide bonds. The molecule has 0 unspecified atom stereocenters. The zero-order valence-electron chi connectivity index (χ0n) is 10.8. The molecule has 8 heteroatoms. The molecular weight excluding hydrogens is 401 g/mol. The summed E-state index contributed by atoms with van der Waals surface area (Å²) in [6.45, 7) is 1.83. The van der Waals surface area contributed by atoms with Crippen LogP contribution in [0.2, 0.25) is 0 Å². The molecule has 2 aromatic rings. The van der Waals surface area contributed by atoms with Crippen LogP contribution in [0.4, 0.5) is 23.4 Å². The number of hydrogen-bond donors (Lipinski definition) is 1. The summed E-state index contributed by atoms with van der Waals surface area (Å²) in [5.74, 6) is -0.858. The molecule has 0 saturated heterocycles. The van der Waals surface area contributed by atoms with Gasteiger partial charge in [-0.15, -0.1) is 0 Å². The number of hydrogen-bond acceptors (Lipinski definition) is 3. The van der Waals surface area contributed by atoms with Crippen molar-refractivity contribution < 1.29 is 17.6 Å². The van der Waals surface area contributed by atoms with Gasteiger partial charge in [-0.1, -0.05) is 6.92 Å². The molecule has 0 aliphatic heterocycles. The summed E-state index contributed by atoms with van der Waals surface area (Å²) in [6.07, 6.45) is -4.10. The smallest absolute Gasteiger partial charge is 0.383 e. The summed E-state index contributed by atoms with van der Waals surface area (Å²) < 4.78 is 52.2. The fraction of sp³-hybridized carbons (Fsp3) is 0.231. The lowest BCUT2D eigenvalue weighted by Crippen LogP contribution is -2.08. The fourth-order valence-corrected chi connectivity index (χ4v) is 2.38. The topological polar surface area (TPSA) is 51.8 Å². The molecule has 21 heavy (non-hydrogen) atoms. The van der Waals surface area contributed by atoms with Crippen LogP contribution in [0.5, 0.6) is 0 Å². The normalized spacial score (nSPS) is 11.7. The summed E-state index contributed by atoms with van der Waals surface area (Å²) in [5.41, 5.74) is 5.19. The highest BCUT2D eigenvalue weighted by molar-refractivity contribution is 14.1. The minimum absolute atomic E-state index is 0.0187. The monoisotopic (exact) mass is 411 g/mol. The maximum atomic E-state index is 13.4. The quantitative estimate of drug-likeness (QED) is 0.600. The van der Waals surface area contributed by atoms with Crippen molar-refractivity contribution in [3.05, 3.63) is 38.8 Å². The van der Waals surface area contributed by atoms with E-state index in [-0.39, 0.29) is 17.2 Å². The van der Waals surface area contributed by atoms with Gasteiger partial charge in [0.15, 0.2) is 5.82 Å². The number of halogens is 5. The molecule has 2 rings (SSSR count). The summed E-state index contributed by atoms with van der Waals surface area (Å²) >= 11 is 1.96. The molecule has 1 heterocycles. The van der Waals surface area contributed by atoms with Gasteiger partial charge in [0.05, 0.1) is 14.8 Å². The summed E-state index contributed by atoms with van der Waals surface area (Å²) in [7, 11) is 0. The summed E-state index contributed by atoms with van der Waals surface area (Å²) in [4.78, 5) is 8.09. The molecule has 1 aromatic heterocycles. The van der Waals surface area contributed by atoms with Gasteiger partial charge in [-0.2, -0.15) is 13.2 Å². The molecule has 0 fully saturated rings. The van der Waals surface area contributed by atoms with Crippen LogP contribution in [0.25, 0.3) is 11.4 Å². The fourth-order valence-electron chi connectivity index (χ4n) is 1.76. The molecule has 0 aliphatic rings. The van der Waals surface area contributed by atoms with Crippen LogP contribution in [0.1, 0.15) is 18.2 Å². The number of rotatable bonds is 2. The van der Waals surface area contributed by atoms with E-state index in [1.807, 2.05) is 29.5 Å². The Balaban J connectivity index is 2.62. The first kappa shape index (κ1) is 15.9. The van der Waals surface area contributed by atoms with Gasteiger partial charge >= 0.3 is 6.18 Å². The second-order valence-corrected chi connectivity index (χ2v) is 5.35. The lowest BCUT2D eigenvalue weighted by atomic mass is 10.1. The molecule has 0 atom stereocenters. The Bertz CT molecular complexity index is 686. The van der Waals surface area contributed by atoms with Gasteiger partial charge in [0, 0.05) is 5.56 Å². The predicted molar refractivity (Wildman–Crippen MR) is 78.9 cm³/mol. The average molecular weight is 411 g/mol. The van der Waals surface area contributed by atoms with E-state index >= 15 is 0 Å². The van der Waals surface area contributed by atoms with Gasteiger partial charge in [-0.25, -0.2) is 14.4 Å². The minimum Gasteiger partial charge on any atom is -0.383 e. The average Bonchev–Trinajstić information content (AvgIpc) is 2.40. The van der Waals surface area contributed by atoms with Crippen molar-refractivity contribution >= 4 is 28.4 Å². The van der Waals surface area contributed by atoms with Crippen molar-refractivity contribution in [2.45, 2.75) is 19.5 Å². The first-order chi connectivity index (χ1) is 9.72. The second-order valence-electron chi connectivity index (χ2n) is 4.27. The van der Waals surface area contributed by atoms with Gasteiger partial charge in [-0.05, 0) is 47.2 Å². The van der Waals surface area contributed by atoms with Crippen LogP contribution in [0, 0.1) is 9.39 Å². The first-order valence-corrected chi connectivity index (χ1v) is 7.00. The van der Waals surface area contributed by atoms with Crippen molar-refractivity contribution in [1.82, 2.24) is 9.97 Å². The number of benzene rings is 1. The van der Waals surface area contributed by atoms with E-state index in [2.05, 4.69) is 9.97 Å². The molecule has 3 nitrogen and oxygen atoms in total. The SMILES string of the molecule is CCc1nc(-c2cc(F)cc(C(F)(F)F)c2)nc(N)c1I. The van der Waals surface area contributed by atoms with Crippen LogP contribution in [0.15, 0.2) is 18.2 Å².